The monoisotopic (exact) mass is 401 g/mol. The van der Waals surface area contributed by atoms with Gasteiger partial charge in [-0.3, -0.25) is 14.5 Å². The van der Waals surface area contributed by atoms with Gasteiger partial charge in [0, 0.05) is 22.3 Å². The van der Waals surface area contributed by atoms with Gasteiger partial charge in [0.25, 0.3) is 0 Å². The molecule has 21 heavy (non-hydrogen) atoms. The quantitative estimate of drug-likeness (QED) is 0.755. The lowest BCUT2D eigenvalue weighted by Gasteiger charge is -2.36. The van der Waals surface area contributed by atoms with Crippen LogP contribution in [-0.4, -0.2) is 42.4 Å². The van der Waals surface area contributed by atoms with Crippen LogP contribution in [0.5, 0.6) is 0 Å². The van der Waals surface area contributed by atoms with Gasteiger partial charge < -0.3 is 10.6 Å². The van der Waals surface area contributed by atoms with Gasteiger partial charge in [0.15, 0.2) is 0 Å². The van der Waals surface area contributed by atoms with E-state index in [1.54, 1.807) is 0 Å². The number of carbonyl (C=O) groups excluding carboxylic acids is 2. The summed E-state index contributed by atoms with van der Waals surface area (Å²) >= 11 is 2.22. The van der Waals surface area contributed by atoms with E-state index in [0.717, 1.165) is 9.26 Å². The molecule has 5 nitrogen and oxygen atoms in total. The van der Waals surface area contributed by atoms with E-state index in [1.165, 1.54) is 0 Å². The molecule has 1 aliphatic heterocycles. The van der Waals surface area contributed by atoms with Crippen LogP contribution in [0.15, 0.2) is 24.3 Å². The Morgan fingerprint density at radius 3 is 2.71 bits per heavy atom. The van der Waals surface area contributed by atoms with E-state index < -0.39 is 0 Å². The number of amides is 2. The lowest BCUT2D eigenvalue weighted by molar-refractivity contribution is -0.132. The van der Waals surface area contributed by atoms with Crippen molar-refractivity contribution in [1.82, 2.24) is 10.2 Å². The molecule has 0 aliphatic carbocycles. The van der Waals surface area contributed by atoms with E-state index >= 15 is 0 Å². The molecule has 6 heteroatoms. The van der Waals surface area contributed by atoms with Crippen LogP contribution in [0.25, 0.3) is 0 Å². The zero-order chi connectivity index (χ0) is 15.4. The number of piperazine rings is 1. The smallest absolute Gasteiger partial charge is 0.238 e. The second-order valence-electron chi connectivity index (χ2n) is 5.51. The highest BCUT2D eigenvalue weighted by molar-refractivity contribution is 14.1. The Morgan fingerprint density at radius 2 is 2.10 bits per heavy atom. The Kier molecular flexibility index (Phi) is 5.58. The maximum absolute atomic E-state index is 12.2. The van der Waals surface area contributed by atoms with Gasteiger partial charge in [-0.1, -0.05) is 13.8 Å². The minimum absolute atomic E-state index is 0.0123. The number of hydrogen-bond acceptors (Lipinski definition) is 3. The minimum Gasteiger partial charge on any atom is -0.353 e. The molecule has 1 aromatic carbocycles. The average molecular weight is 401 g/mol. The molecule has 0 saturated carbocycles. The summed E-state index contributed by atoms with van der Waals surface area (Å²) in [5.74, 6) is 0.103. The number of hydrogen-bond donors (Lipinski definition) is 2. The molecule has 0 radical (unpaired) electrons. The van der Waals surface area contributed by atoms with Crippen molar-refractivity contribution in [3.63, 3.8) is 0 Å². The van der Waals surface area contributed by atoms with Crippen molar-refractivity contribution in [3.8, 4) is 0 Å². The number of benzene rings is 1. The molecule has 114 valence electrons. The second kappa shape index (κ2) is 7.22. The predicted molar refractivity (Wildman–Crippen MR) is 91.0 cm³/mol. The van der Waals surface area contributed by atoms with Gasteiger partial charge in [-0.05, 0) is 52.8 Å². The number of halogens is 1. The Morgan fingerprint density at radius 1 is 1.43 bits per heavy atom. The van der Waals surface area contributed by atoms with Crippen molar-refractivity contribution in [2.75, 3.05) is 25.0 Å². The van der Waals surface area contributed by atoms with Crippen LogP contribution in [-0.2, 0) is 9.59 Å². The molecule has 1 aliphatic rings. The van der Waals surface area contributed by atoms with Gasteiger partial charge in [-0.15, -0.1) is 0 Å². The summed E-state index contributed by atoms with van der Waals surface area (Å²) < 4.78 is 1.12. The van der Waals surface area contributed by atoms with Crippen LogP contribution in [0.4, 0.5) is 5.69 Å². The first kappa shape index (κ1) is 16.2. The van der Waals surface area contributed by atoms with E-state index in [9.17, 15) is 9.59 Å². The zero-order valence-electron chi connectivity index (χ0n) is 12.2. The van der Waals surface area contributed by atoms with Crippen molar-refractivity contribution < 1.29 is 9.59 Å². The van der Waals surface area contributed by atoms with Gasteiger partial charge in [0.2, 0.25) is 11.8 Å². The van der Waals surface area contributed by atoms with Gasteiger partial charge in [-0.2, -0.15) is 0 Å². The van der Waals surface area contributed by atoms with Crippen LogP contribution in [0.1, 0.15) is 13.8 Å². The number of nitrogens with zero attached hydrogens (tertiary/aromatic N) is 1. The number of anilines is 1. The van der Waals surface area contributed by atoms with Crippen molar-refractivity contribution in [2.24, 2.45) is 5.92 Å². The average Bonchev–Trinajstić information content (AvgIpc) is 2.41. The first-order valence-electron chi connectivity index (χ1n) is 7.04. The van der Waals surface area contributed by atoms with E-state index in [1.807, 2.05) is 43.0 Å². The molecular formula is C15H20IN3O2. The predicted octanol–water partition coefficient (Wildman–Crippen LogP) is 1.69. The summed E-state index contributed by atoms with van der Waals surface area (Å²) in [7, 11) is 0. The molecule has 0 aromatic heterocycles. The van der Waals surface area contributed by atoms with Crippen LogP contribution in [0.3, 0.4) is 0 Å². The summed E-state index contributed by atoms with van der Waals surface area (Å²) in [6.07, 6.45) is 0. The fourth-order valence-electron chi connectivity index (χ4n) is 2.55. The van der Waals surface area contributed by atoms with E-state index in [-0.39, 0.29) is 30.3 Å². The molecule has 1 unspecified atom stereocenters. The van der Waals surface area contributed by atoms with E-state index in [2.05, 4.69) is 33.2 Å². The second-order valence-corrected chi connectivity index (χ2v) is 6.75. The SMILES string of the molecule is CC(C)C1C(=O)NCCN1CC(=O)Nc1ccc(I)cc1. The van der Waals surface area contributed by atoms with Crippen molar-refractivity contribution in [3.05, 3.63) is 27.8 Å². The lowest BCUT2D eigenvalue weighted by atomic mass is 10.00. The van der Waals surface area contributed by atoms with E-state index in [4.69, 9.17) is 0 Å². The standard InChI is InChI=1S/C15H20IN3O2/c1-10(2)14-15(21)17-7-8-19(14)9-13(20)18-12-5-3-11(16)4-6-12/h3-6,10,14H,7-9H2,1-2H3,(H,17,21)(H,18,20). The fraction of sp³-hybridized carbons (Fsp3) is 0.467. The van der Waals surface area contributed by atoms with E-state index in [0.29, 0.717) is 13.1 Å². The Bertz CT molecular complexity index is 516. The molecule has 2 amide bonds. The normalized spacial score (nSPS) is 19.4. The third kappa shape index (κ3) is 4.41. The zero-order valence-corrected chi connectivity index (χ0v) is 14.4. The molecule has 2 rings (SSSR count). The van der Waals surface area contributed by atoms with Gasteiger partial charge in [0.05, 0.1) is 12.6 Å². The highest BCUT2D eigenvalue weighted by atomic mass is 127. The molecule has 1 heterocycles. The maximum Gasteiger partial charge on any atom is 0.238 e. The van der Waals surface area contributed by atoms with Gasteiger partial charge >= 0.3 is 0 Å². The first-order valence-corrected chi connectivity index (χ1v) is 8.12. The minimum atomic E-state index is -0.235. The largest absolute Gasteiger partial charge is 0.353 e. The molecule has 1 atom stereocenters. The number of rotatable bonds is 4. The highest BCUT2D eigenvalue weighted by Gasteiger charge is 2.32. The Balaban J connectivity index is 1.97. The molecule has 2 N–H and O–H groups in total. The van der Waals surface area contributed by atoms with Crippen LogP contribution < -0.4 is 10.6 Å². The summed E-state index contributed by atoms with van der Waals surface area (Å²) in [6, 6.07) is 7.41. The molecule has 0 spiro atoms. The van der Waals surface area contributed by atoms with Crippen LogP contribution >= 0.6 is 22.6 Å². The number of carbonyl (C=O) groups is 2. The molecule has 0 bridgehead atoms. The third-order valence-electron chi connectivity index (χ3n) is 3.47. The highest BCUT2D eigenvalue weighted by Crippen LogP contribution is 2.15. The third-order valence-corrected chi connectivity index (χ3v) is 4.19. The molecule has 1 aromatic rings. The topological polar surface area (TPSA) is 61.4 Å². The number of nitrogens with one attached hydrogen (secondary N) is 2. The van der Waals surface area contributed by atoms with Crippen molar-refractivity contribution in [1.29, 1.82) is 0 Å². The van der Waals surface area contributed by atoms with Gasteiger partial charge in [0.1, 0.15) is 0 Å². The Labute approximate surface area is 138 Å². The summed E-state index contributed by atoms with van der Waals surface area (Å²) in [6.45, 7) is 5.54. The summed E-state index contributed by atoms with van der Waals surface area (Å²) in [5.41, 5.74) is 0.781. The summed E-state index contributed by atoms with van der Waals surface area (Å²) in [4.78, 5) is 26.0. The van der Waals surface area contributed by atoms with Crippen molar-refractivity contribution in [2.45, 2.75) is 19.9 Å². The first-order chi connectivity index (χ1) is 9.97. The molecule has 1 saturated heterocycles. The van der Waals surface area contributed by atoms with Crippen molar-refractivity contribution >= 4 is 40.1 Å². The maximum atomic E-state index is 12.2. The molecule has 1 fully saturated rings. The van der Waals surface area contributed by atoms with Crippen LogP contribution in [0, 0.1) is 9.49 Å². The fourth-order valence-corrected chi connectivity index (χ4v) is 2.91. The summed E-state index contributed by atoms with van der Waals surface area (Å²) in [5, 5.41) is 5.73. The van der Waals surface area contributed by atoms with Crippen LogP contribution in [0.2, 0.25) is 0 Å². The lowest BCUT2D eigenvalue weighted by Crippen LogP contribution is -2.58. The Hall–Kier alpha value is -1.15. The van der Waals surface area contributed by atoms with Gasteiger partial charge in [-0.25, -0.2) is 0 Å². The molecular weight excluding hydrogens is 381 g/mol.